The summed E-state index contributed by atoms with van der Waals surface area (Å²) in [6, 6.07) is 1.37. The number of pyridine rings is 1. The molecule has 2 nitrogen and oxygen atoms in total. The molecule has 19 heavy (non-hydrogen) atoms. The van der Waals surface area contributed by atoms with Gasteiger partial charge in [-0.1, -0.05) is 27.7 Å². The molecule has 0 radical (unpaired) electrons. The van der Waals surface area contributed by atoms with Crippen molar-refractivity contribution >= 4 is 0 Å². The minimum atomic E-state index is -4.32. The maximum Gasteiger partial charge on any atom is 0.416 e. The number of alkyl halides is 3. The molecule has 0 fully saturated rings. The van der Waals surface area contributed by atoms with Crippen molar-refractivity contribution in [2.45, 2.75) is 45.8 Å². The first-order valence-electron chi connectivity index (χ1n) is 6.48. The van der Waals surface area contributed by atoms with Gasteiger partial charge in [-0.15, -0.1) is 0 Å². The van der Waals surface area contributed by atoms with E-state index in [0.29, 0.717) is 12.6 Å². The molecular formula is C14H21F3N2. The van der Waals surface area contributed by atoms with E-state index in [1.165, 1.54) is 12.4 Å². The Morgan fingerprint density at radius 3 is 2.37 bits per heavy atom. The Morgan fingerprint density at radius 1 is 1.21 bits per heavy atom. The third-order valence-corrected chi connectivity index (χ3v) is 3.35. The average Bonchev–Trinajstić information content (AvgIpc) is 2.34. The van der Waals surface area contributed by atoms with E-state index >= 15 is 0 Å². The van der Waals surface area contributed by atoms with Gasteiger partial charge in [0.05, 0.1) is 5.56 Å². The summed E-state index contributed by atoms with van der Waals surface area (Å²) in [5.74, 6) is -0.0933. The first kappa shape index (κ1) is 16.0. The fourth-order valence-corrected chi connectivity index (χ4v) is 1.93. The van der Waals surface area contributed by atoms with Gasteiger partial charge in [0.1, 0.15) is 0 Å². The predicted molar refractivity (Wildman–Crippen MR) is 70.0 cm³/mol. The largest absolute Gasteiger partial charge is 0.416 e. The molecule has 1 rings (SSSR count). The number of aromatic nitrogens is 1. The maximum atomic E-state index is 12.9. The lowest BCUT2D eigenvalue weighted by Crippen LogP contribution is -2.30. The van der Waals surface area contributed by atoms with Crippen molar-refractivity contribution in [3.05, 3.63) is 29.6 Å². The van der Waals surface area contributed by atoms with Gasteiger partial charge in [0, 0.05) is 18.4 Å². The predicted octanol–water partition coefficient (Wildman–Crippen LogP) is 3.84. The Labute approximate surface area is 112 Å². The Balaban J connectivity index is 2.90. The van der Waals surface area contributed by atoms with Crippen molar-refractivity contribution in [3.63, 3.8) is 0 Å². The van der Waals surface area contributed by atoms with Gasteiger partial charge in [0.25, 0.3) is 0 Å². The van der Waals surface area contributed by atoms with E-state index in [1.807, 2.05) is 27.7 Å². The SMILES string of the molecule is CC(C)NCC(C)C(C)c1cnccc1C(F)(F)F. The smallest absolute Gasteiger partial charge is 0.314 e. The van der Waals surface area contributed by atoms with E-state index in [4.69, 9.17) is 0 Å². The zero-order valence-electron chi connectivity index (χ0n) is 11.8. The number of hydrogen-bond acceptors (Lipinski definition) is 2. The number of rotatable bonds is 5. The van der Waals surface area contributed by atoms with Crippen molar-refractivity contribution in [3.8, 4) is 0 Å². The van der Waals surface area contributed by atoms with Gasteiger partial charge in [-0.3, -0.25) is 4.98 Å². The number of nitrogens with one attached hydrogen (secondary N) is 1. The number of nitrogens with zero attached hydrogens (tertiary/aromatic N) is 1. The van der Waals surface area contributed by atoms with Crippen molar-refractivity contribution in [2.75, 3.05) is 6.54 Å². The van der Waals surface area contributed by atoms with E-state index in [1.54, 1.807) is 0 Å². The standard InChI is InChI=1S/C14H21F3N2/c1-9(2)19-7-10(3)11(4)12-8-18-6-5-13(12)14(15,16)17/h5-6,8-11,19H,7H2,1-4H3. The lowest BCUT2D eigenvalue weighted by atomic mass is 9.87. The number of hydrogen-bond donors (Lipinski definition) is 1. The fourth-order valence-electron chi connectivity index (χ4n) is 1.93. The van der Waals surface area contributed by atoms with Crippen LogP contribution in [0.25, 0.3) is 0 Å². The molecule has 0 aliphatic carbocycles. The zero-order valence-corrected chi connectivity index (χ0v) is 11.8. The highest BCUT2D eigenvalue weighted by molar-refractivity contribution is 5.29. The molecule has 0 saturated heterocycles. The molecule has 0 aliphatic heterocycles. The van der Waals surface area contributed by atoms with E-state index in [2.05, 4.69) is 10.3 Å². The number of halogens is 3. The Hall–Kier alpha value is -1.10. The summed E-state index contributed by atoms with van der Waals surface area (Å²) in [6.07, 6.45) is -1.80. The van der Waals surface area contributed by atoms with Crippen molar-refractivity contribution in [1.82, 2.24) is 10.3 Å². The second-order valence-electron chi connectivity index (χ2n) is 5.29. The summed E-state index contributed by atoms with van der Waals surface area (Å²) in [4.78, 5) is 3.84. The van der Waals surface area contributed by atoms with Gasteiger partial charge in [-0.05, 0) is 30.0 Å². The van der Waals surface area contributed by atoms with Crippen molar-refractivity contribution in [1.29, 1.82) is 0 Å². The zero-order chi connectivity index (χ0) is 14.6. The minimum Gasteiger partial charge on any atom is -0.314 e. The molecular weight excluding hydrogens is 253 g/mol. The summed E-state index contributed by atoms with van der Waals surface area (Å²) in [5.41, 5.74) is -0.306. The van der Waals surface area contributed by atoms with Crippen LogP contribution in [0.2, 0.25) is 0 Å². The molecule has 0 saturated carbocycles. The van der Waals surface area contributed by atoms with Crippen molar-refractivity contribution in [2.24, 2.45) is 5.92 Å². The van der Waals surface area contributed by atoms with Gasteiger partial charge in [0.2, 0.25) is 0 Å². The van der Waals surface area contributed by atoms with Crippen LogP contribution in [0.1, 0.15) is 44.7 Å². The van der Waals surface area contributed by atoms with Crippen LogP contribution >= 0.6 is 0 Å². The quantitative estimate of drug-likeness (QED) is 0.882. The third-order valence-electron chi connectivity index (χ3n) is 3.35. The van der Waals surface area contributed by atoms with Crippen LogP contribution in [0, 0.1) is 5.92 Å². The normalized spacial score (nSPS) is 15.6. The van der Waals surface area contributed by atoms with Crippen LogP contribution in [0.5, 0.6) is 0 Å². The minimum absolute atomic E-state index is 0.104. The lowest BCUT2D eigenvalue weighted by Gasteiger charge is -2.24. The molecule has 108 valence electrons. The molecule has 2 unspecified atom stereocenters. The molecule has 0 aliphatic rings. The second-order valence-corrected chi connectivity index (χ2v) is 5.29. The maximum absolute atomic E-state index is 12.9. The van der Waals surface area contributed by atoms with Crippen LogP contribution in [0.4, 0.5) is 13.2 Å². The highest BCUT2D eigenvalue weighted by Crippen LogP contribution is 2.36. The molecule has 5 heteroatoms. The van der Waals surface area contributed by atoms with Crippen molar-refractivity contribution < 1.29 is 13.2 Å². The van der Waals surface area contributed by atoms with Crippen LogP contribution in [0.15, 0.2) is 18.5 Å². The Bertz CT molecular complexity index is 402. The third kappa shape index (κ3) is 4.49. The summed E-state index contributed by atoms with van der Waals surface area (Å²) >= 11 is 0. The molecule has 1 heterocycles. The van der Waals surface area contributed by atoms with Gasteiger partial charge in [-0.2, -0.15) is 13.2 Å². The van der Waals surface area contributed by atoms with E-state index in [0.717, 1.165) is 6.07 Å². The summed E-state index contributed by atoms with van der Waals surface area (Å²) in [5, 5.41) is 3.25. The first-order chi connectivity index (χ1) is 8.73. The van der Waals surface area contributed by atoms with E-state index in [-0.39, 0.29) is 17.4 Å². The Morgan fingerprint density at radius 2 is 1.84 bits per heavy atom. The van der Waals surface area contributed by atoms with Crippen LogP contribution in [0.3, 0.4) is 0 Å². The molecule has 0 aromatic carbocycles. The first-order valence-corrected chi connectivity index (χ1v) is 6.48. The second kappa shape index (κ2) is 6.37. The molecule has 1 N–H and O–H groups in total. The van der Waals surface area contributed by atoms with Gasteiger partial charge in [0.15, 0.2) is 0 Å². The van der Waals surface area contributed by atoms with Crippen LogP contribution in [-0.4, -0.2) is 17.6 Å². The van der Waals surface area contributed by atoms with Crippen LogP contribution < -0.4 is 5.32 Å². The van der Waals surface area contributed by atoms with E-state index < -0.39 is 11.7 Å². The molecule has 1 aromatic rings. The molecule has 0 spiro atoms. The molecule has 0 amide bonds. The Kier molecular flexibility index (Phi) is 5.35. The average molecular weight is 274 g/mol. The lowest BCUT2D eigenvalue weighted by molar-refractivity contribution is -0.138. The summed E-state index contributed by atoms with van der Waals surface area (Å²) in [7, 11) is 0. The summed E-state index contributed by atoms with van der Waals surface area (Å²) < 4.78 is 38.8. The summed E-state index contributed by atoms with van der Waals surface area (Å²) in [6.45, 7) is 8.49. The van der Waals surface area contributed by atoms with E-state index in [9.17, 15) is 13.2 Å². The van der Waals surface area contributed by atoms with Gasteiger partial charge < -0.3 is 5.32 Å². The fraction of sp³-hybridized carbons (Fsp3) is 0.643. The highest BCUT2D eigenvalue weighted by atomic mass is 19.4. The molecule has 0 bridgehead atoms. The molecule has 2 atom stereocenters. The van der Waals surface area contributed by atoms with Gasteiger partial charge in [-0.25, -0.2) is 0 Å². The molecule has 1 aromatic heterocycles. The topological polar surface area (TPSA) is 24.9 Å². The van der Waals surface area contributed by atoms with Gasteiger partial charge >= 0.3 is 6.18 Å². The van der Waals surface area contributed by atoms with Crippen LogP contribution in [-0.2, 0) is 6.18 Å². The monoisotopic (exact) mass is 274 g/mol. The highest BCUT2D eigenvalue weighted by Gasteiger charge is 2.35.